The molecule has 0 aromatic heterocycles. The average Bonchev–Trinajstić information content (AvgIpc) is 2.69. The van der Waals surface area contributed by atoms with Crippen LogP contribution >= 0.6 is 0 Å². The molecule has 1 rings (SSSR count). The highest BCUT2D eigenvalue weighted by atomic mass is 16.5. The molecule has 2 atom stereocenters. The summed E-state index contributed by atoms with van der Waals surface area (Å²) in [7, 11) is 0. The summed E-state index contributed by atoms with van der Waals surface area (Å²) >= 11 is 0. The third-order valence-corrected chi connectivity index (χ3v) is 2.88. The van der Waals surface area contributed by atoms with Crippen LogP contribution in [0.4, 0.5) is 0 Å². The standard InChI is InChI=1S/C11H24N2O/c1-10(9-12)4-6-13-7-5-11-3-2-8-14-11/h10-11,13H,2-9,12H2,1H3. The number of hydrogen-bond acceptors (Lipinski definition) is 3. The van der Waals surface area contributed by atoms with Gasteiger partial charge in [-0.2, -0.15) is 0 Å². The Bertz CT molecular complexity index is 135. The van der Waals surface area contributed by atoms with Crippen LogP contribution in [-0.2, 0) is 4.74 Å². The van der Waals surface area contributed by atoms with Gasteiger partial charge >= 0.3 is 0 Å². The molecular formula is C11H24N2O. The van der Waals surface area contributed by atoms with Crippen molar-refractivity contribution < 1.29 is 4.74 Å². The minimum Gasteiger partial charge on any atom is -0.378 e. The molecule has 1 saturated heterocycles. The van der Waals surface area contributed by atoms with Crippen LogP contribution in [0.1, 0.15) is 32.6 Å². The molecule has 0 aromatic carbocycles. The highest BCUT2D eigenvalue weighted by Gasteiger charge is 2.14. The average molecular weight is 200 g/mol. The molecule has 3 nitrogen and oxygen atoms in total. The van der Waals surface area contributed by atoms with Gasteiger partial charge in [-0.3, -0.25) is 0 Å². The molecule has 0 spiro atoms. The van der Waals surface area contributed by atoms with Gasteiger partial charge in [0, 0.05) is 6.61 Å². The maximum absolute atomic E-state index is 5.54. The Morgan fingerprint density at radius 1 is 1.50 bits per heavy atom. The maximum Gasteiger partial charge on any atom is 0.0588 e. The lowest BCUT2D eigenvalue weighted by molar-refractivity contribution is 0.104. The number of nitrogens with one attached hydrogen (secondary N) is 1. The topological polar surface area (TPSA) is 47.3 Å². The summed E-state index contributed by atoms with van der Waals surface area (Å²) in [6.07, 6.45) is 5.36. The van der Waals surface area contributed by atoms with Gasteiger partial charge in [-0.25, -0.2) is 0 Å². The molecule has 3 N–H and O–H groups in total. The van der Waals surface area contributed by atoms with Crippen LogP contribution in [-0.4, -0.2) is 32.3 Å². The lowest BCUT2D eigenvalue weighted by atomic mass is 10.1. The predicted octanol–water partition coefficient (Wildman–Crippen LogP) is 1.13. The van der Waals surface area contributed by atoms with Gasteiger partial charge < -0.3 is 15.8 Å². The first kappa shape index (κ1) is 12.0. The van der Waals surface area contributed by atoms with Crippen molar-refractivity contribution in [3.63, 3.8) is 0 Å². The van der Waals surface area contributed by atoms with Gasteiger partial charge in [0.1, 0.15) is 0 Å². The van der Waals surface area contributed by atoms with E-state index in [1.807, 2.05) is 0 Å². The van der Waals surface area contributed by atoms with Crippen molar-refractivity contribution in [2.75, 3.05) is 26.2 Å². The molecule has 1 fully saturated rings. The van der Waals surface area contributed by atoms with Crippen molar-refractivity contribution in [2.45, 2.75) is 38.7 Å². The fourth-order valence-electron chi connectivity index (χ4n) is 1.73. The van der Waals surface area contributed by atoms with Crippen molar-refractivity contribution >= 4 is 0 Å². The zero-order valence-electron chi connectivity index (χ0n) is 9.30. The van der Waals surface area contributed by atoms with Crippen LogP contribution in [0, 0.1) is 5.92 Å². The molecule has 0 aromatic rings. The highest BCUT2D eigenvalue weighted by molar-refractivity contribution is 4.66. The third kappa shape index (κ3) is 4.94. The molecule has 84 valence electrons. The largest absolute Gasteiger partial charge is 0.378 e. The van der Waals surface area contributed by atoms with Gasteiger partial charge in [0.15, 0.2) is 0 Å². The summed E-state index contributed by atoms with van der Waals surface area (Å²) in [6, 6.07) is 0. The fourth-order valence-corrected chi connectivity index (χ4v) is 1.73. The van der Waals surface area contributed by atoms with E-state index in [9.17, 15) is 0 Å². The van der Waals surface area contributed by atoms with Gasteiger partial charge in [-0.05, 0) is 51.2 Å². The number of nitrogens with two attached hydrogens (primary N) is 1. The molecule has 2 unspecified atom stereocenters. The minimum absolute atomic E-state index is 0.523. The van der Waals surface area contributed by atoms with E-state index in [1.165, 1.54) is 19.3 Å². The van der Waals surface area contributed by atoms with Gasteiger partial charge in [-0.1, -0.05) is 6.92 Å². The summed E-state index contributed by atoms with van der Waals surface area (Å²) < 4.78 is 5.54. The van der Waals surface area contributed by atoms with Crippen LogP contribution < -0.4 is 11.1 Å². The molecule has 0 saturated carbocycles. The SMILES string of the molecule is CC(CN)CCNCCC1CCCO1. The van der Waals surface area contributed by atoms with Crippen molar-refractivity contribution in [1.29, 1.82) is 0 Å². The Balaban J connectivity index is 1.84. The fraction of sp³-hybridized carbons (Fsp3) is 1.00. The van der Waals surface area contributed by atoms with E-state index in [4.69, 9.17) is 10.5 Å². The first-order chi connectivity index (χ1) is 6.83. The highest BCUT2D eigenvalue weighted by Crippen LogP contribution is 2.14. The van der Waals surface area contributed by atoms with E-state index < -0.39 is 0 Å². The molecule has 1 heterocycles. The predicted molar refractivity (Wildman–Crippen MR) is 59.3 cm³/mol. The Labute approximate surface area is 87.4 Å². The monoisotopic (exact) mass is 200 g/mol. The van der Waals surface area contributed by atoms with E-state index in [-0.39, 0.29) is 0 Å². The number of ether oxygens (including phenoxy) is 1. The zero-order chi connectivity index (χ0) is 10.2. The third-order valence-electron chi connectivity index (χ3n) is 2.88. The zero-order valence-corrected chi connectivity index (χ0v) is 9.30. The van der Waals surface area contributed by atoms with Crippen LogP contribution in [0.2, 0.25) is 0 Å². The second kappa shape index (κ2) is 7.21. The molecule has 3 heteroatoms. The maximum atomic E-state index is 5.54. The summed E-state index contributed by atoms with van der Waals surface area (Å²) in [5.41, 5.74) is 5.54. The molecule has 1 aliphatic heterocycles. The lowest BCUT2D eigenvalue weighted by Gasteiger charge is -2.11. The Kier molecular flexibility index (Phi) is 6.15. The molecule has 1 aliphatic rings. The summed E-state index contributed by atoms with van der Waals surface area (Å²) in [5.74, 6) is 0.644. The van der Waals surface area contributed by atoms with E-state index in [2.05, 4.69) is 12.2 Å². The Morgan fingerprint density at radius 2 is 2.36 bits per heavy atom. The van der Waals surface area contributed by atoms with E-state index in [1.54, 1.807) is 0 Å². The van der Waals surface area contributed by atoms with Crippen molar-refractivity contribution in [3.05, 3.63) is 0 Å². The normalized spacial score (nSPS) is 24.0. The van der Waals surface area contributed by atoms with Crippen molar-refractivity contribution in [2.24, 2.45) is 11.7 Å². The molecule has 0 bridgehead atoms. The second-order valence-electron chi connectivity index (χ2n) is 4.30. The van der Waals surface area contributed by atoms with E-state index in [0.29, 0.717) is 12.0 Å². The number of rotatable bonds is 7. The molecule has 14 heavy (non-hydrogen) atoms. The Morgan fingerprint density at radius 3 is 3.00 bits per heavy atom. The molecular weight excluding hydrogens is 176 g/mol. The van der Waals surface area contributed by atoms with Crippen molar-refractivity contribution in [1.82, 2.24) is 5.32 Å². The van der Waals surface area contributed by atoms with E-state index in [0.717, 1.165) is 32.7 Å². The van der Waals surface area contributed by atoms with Crippen molar-refractivity contribution in [3.8, 4) is 0 Å². The quantitative estimate of drug-likeness (QED) is 0.606. The molecule has 0 radical (unpaired) electrons. The Hall–Kier alpha value is -0.120. The van der Waals surface area contributed by atoms with Crippen LogP contribution in [0.25, 0.3) is 0 Å². The number of hydrogen-bond donors (Lipinski definition) is 2. The molecule has 0 amide bonds. The first-order valence-corrected chi connectivity index (χ1v) is 5.85. The lowest BCUT2D eigenvalue weighted by Crippen LogP contribution is -2.24. The smallest absolute Gasteiger partial charge is 0.0588 e. The molecule has 0 aliphatic carbocycles. The summed E-state index contributed by atoms with van der Waals surface area (Å²) in [4.78, 5) is 0. The summed E-state index contributed by atoms with van der Waals surface area (Å²) in [5, 5.41) is 3.44. The van der Waals surface area contributed by atoms with Gasteiger partial charge in [0.05, 0.1) is 6.10 Å². The van der Waals surface area contributed by atoms with Gasteiger partial charge in [0.25, 0.3) is 0 Å². The second-order valence-corrected chi connectivity index (χ2v) is 4.30. The van der Waals surface area contributed by atoms with Crippen LogP contribution in [0.3, 0.4) is 0 Å². The minimum atomic E-state index is 0.523. The summed E-state index contributed by atoms with van der Waals surface area (Å²) in [6.45, 7) is 6.14. The van der Waals surface area contributed by atoms with Gasteiger partial charge in [0.2, 0.25) is 0 Å². The van der Waals surface area contributed by atoms with Crippen LogP contribution in [0.5, 0.6) is 0 Å². The first-order valence-electron chi connectivity index (χ1n) is 5.85. The van der Waals surface area contributed by atoms with Gasteiger partial charge in [-0.15, -0.1) is 0 Å². The van der Waals surface area contributed by atoms with Crippen LogP contribution in [0.15, 0.2) is 0 Å². The van der Waals surface area contributed by atoms with E-state index >= 15 is 0 Å².